The largest absolute Gasteiger partial charge is 0.354 e. The van der Waals surface area contributed by atoms with Crippen molar-refractivity contribution >= 4 is 23.2 Å². The molecule has 3 N–H and O–H groups in total. The number of carbonyl (C=O) groups excluding carboxylic acids is 2. The Labute approximate surface area is 175 Å². The van der Waals surface area contributed by atoms with E-state index in [1.165, 1.54) is 35.1 Å². The number of quaternary nitrogens is 1. The summed E-state index contributed by atoms with van der Waals surface area (Å²) in [6, 6.07) is 12.7. The van der Waals surface area contributed by atoms with Crippen molar-refractivity contribution in [1.29, 1.82) is 0 Å². The van der Waals surface area contributed by atoms with Crippen LogP contribution in [0, 0.1) is 0 Å². The third-order valence-corrected chi connectivity index (χ3v) is 6.24. The first kappa shape index (κ1) is 21.4. The van der Waals surface area contributed by atoms with Gasteiger partial charge in [0, 0.05) is 26.2 Å². The molecule has 1 aliphatic rings. The van der Waals surface area contributed by atoms with Crippen LogP contribution in [0.4, 0.5) is 0 Å². The number of fused-ring (bicyclic) bond motifs is 1. The first-order valence-electron chi connectivity index (χ1n) is 9.68. The first-order valence-corrected chi connectivity index (χ1v) is 10.6. The van der Waals surface area contributed by atoms with Crippen LogP contribution in [0.3, 0.4) is 0 Å². The van der Waals surface area contributed by atoms with Crippen molar-refractivity contribution in [3.05, 3.63) is 57.8 Å². The molecule has 1 aromatic heterocycles. The molecule has 0 bridgehead atoms. The fraction of sp³-hybridized carbons (Fsp3) is 0.429. The van der Waals surface area contributed by atoms with Crippen LogP contribution in [0.15, 0.2) is 41.8 Å². The van der Waals surface area contributed by atoms with Gasteiger partial charge in [-0.15, -0.1) is 11.3 Å². The number of hydrogen-bond donors (Lipinski definition) is 3. The Kier molecular flexibility index (Phi) is 7.76. The quantitative estimate of drug-likeness (QED) is 0.425. The number of thiophene rings is 1. The zero-order chi connectivity index (χ0) is 20.6. The molecular formula is C21H28N3O4S+. The van der Waals surface area contributed by atoms with Gasteiger partial charge in [0.1, 0.15) is 12.6 Å². The molecule has 0 radical (unpaired) electrons. The van der Waals surface area contributed by atoms with Gasteiger partial charge in [-0.25, -0.2) is 0 Å². The molecule has 1 aliphatic heterocycles. The third-order valence-electron chi connectivity index (χ3n) is 5.26. The summed E-state index contributed by atoms with van der Waals surface area (Å²) in [5.74, 6) is -1.33. The highest BCUT2D eigenvalue weighted by Gasteiger charge is 2.30. The van der Waals surface area contributed by atoms with Crippen LogP contribution in [0.1, 0.15) is 22.0 Å². The van der Waals surface area contributed by atoms with Crippen molar-refractivity contribution in [1.82, 2.24) is 10.6 Å². The second-order valence-electron chi connectivity index (χ2n) is 6.99. The molecule has 0 saturated heterocycles. The summed E-state index contributed by atoms with van der Waals surface area (Å²) in [7, 11) is 2.96. The van der Waals surface area contributed by atoms with Crippen LogP contribution in [-0.2, 0) is 32.0 Å². The second-order valence-corrected chi connectivity index (χ2v) is 7.97. The van der Waals surface area contributed by atoms with E-state index in [-0.39, 0.29) is 12.6 Å². The Hall–Kier alpha value is -2.26. The molecule has 1 unspecified atom stereocenters. The Morgan fingerprint density at radius 1 is 1.03 bits per heavy atom. The number of benzene rings is 1. The van der Waals surface area contributed by atoms with E-state index in [0.29, 0.717) is 6.54 Å². The van der Waals surface area contributed by atoms with E-state index in [2.05, 4.69) is 41.0 Å². The number of hydrogen-bond acceptors (Lipinski definition) is 5. The Morgan fingerprint density at radius 2 is 1.72 bits per heavy atom. The van der Waals surface area contributed by atoms with Crippen LogP contribution in [0.5, 0.6) is 0 Å². The molecule has 1 aromatic carbocycles. The van der Waals surface area contributed by atoms with Gasteiger partial charge in [0.25, 0.3) is 0 Å². The van der Waals surface area contributed by atoms with Gasteiger partial charge < -0.3 is 25.0 Å². The van der Waals surface area contributed by atoms with Crippen molar-refractivity contribution in [2.45, 2.75) is 25.3 Å². The lowest BCUT2D eigenvalue weighted by molar-refractivity contribution is -0.945. The van der Waals surface area contributed by atoms with E-state index in [4.69, 9.17) is 9.47 Å². The highest BCUT2D eigenvalue weighted by atomic mass is 32.1. The molecule has 2 aromatic rings. The number of nitrogens with one attached hydrogen (secondary N) is 3. The van der Waals surface area contributed by atoms with E-state index in [1.54, 1.807) is 11.3 Å². The summed E-state index contributed by atoms with van der Waals surface area (Å²) in [6.07, 6.45) is 0.431. The van der Waals surface area contributed by atoms with Crippen LogP contribution in [0.25, 0.3) is 0 Å². The summed E-state index contributed by atoms with van der Waals surface area (Å²) < 4.78 is 10.0. The second kappa shape index (κ2) is 10.5. The number of ether oxygens (including phenoxy) is 2. The third kappa shape index (κ3) is 5.63. The summed E-state index contributed by atoms with van der Waals surface area (Å²) >= 11 is 1.68. The molecule has 156 valence electrons. The van der Waals surface area contributed by atoms with Crippen LogP contribution < -0.4 is 15.5 Å². The molecule has 0 spiro atoms. The molecule has 0 fully saturated rings. The lowest BCUT2D eigenvalue weighted by Crippen LogP contribution is -3.12. The summed E-state index contributed by atoms with van der Waals surface area (Å²) in [4.78, 5) is 27.0. The Bertz CT molecular complexity index is 808. The lowest BCUT2D eigenvalue weighted by atomic mass is 9.98. The van der Waals surface area contributed by atoms with Gasteiger partial charge in [-0.3, -0.25) is 9.59 Å². The maximum Gasteiger partial charge on any atom is 0.309 e. The van der Waals surface area contributed by atoms with E-state index in [0.717, 1.165) is 19.5 Å². The van der Waals surface area contributed by atoms with Crippen molar-refractivity contribution in [3.63, 3.8) is 0 Å². The normalized spacial score (nSPS) is 16.9. The molecule has 7 nitrogen and oxygen atoms in total. The predicted octanol–water partition coefficient (Wildman–Crippen LogP) is 0.282. The minimum Gasteiger partial charge on any atom is -0.354 e. The van der Waals surface area contributed by atoms with Gasteiger partial charge in [0.2, 0.25) is 0 Å². The van der Waals surface area contributed by atoms with Crippen molar-refractivity contribution in [3.8, 4) is 0 Å². The lowest BCUT2D eigenvalue weighted by Gasteiger charge is -2.32. The predicted molar refractivity (Wildman–Crippen MR) is 111 cm³/mol. The van der Waals surface area contributed by atoms with Gasteiger partial charge >= 0.3 is 11.8 Å². The zero-order valence-electron chi connectivity index (χ0n) is 16.8. The van der Waals surface area contributed by atoms with E-state index in [9.17, 15) is 9.59 Å². The average Bonchev–Trinajstić information content (AvgIpc) is 3.28. The number of rotatable bonds is 8. The van der Waals surface area contributed by atoms with E-state index >= 15 is 0 Å². The van der Waals surface area contributed by atoms with Gasteiger partial charge in [0.15, 0.2) is 6.29 Å². The average molecular weight is 419 g/mol. The van der Waals surface area contributed by atoms with Gasteiger partial charge in [-0.1, -0.05) is 30.3 Å². The van der Waals surface area contributed by atoms with Gasteiger partial charge in [-0.2, -0.15) is 0 Å². The van der Waals surface area contributed by atoms with Crippen molar-refractivity contribution in [2.24, 2.45) is 0 Å². The zero-order valence-corrected chi connectivity index (χ0v) is 17.6. The molecule has 2 heterocycles. The maximum atomic E-state index is 12.3. The molecule has 0 saturated carbocycles. The summed E-state index contributed by atoms with van der Waals surface area (Å²) in [6.45, 7) is 2.42. The van der Waals surface area contributed by atoms with Gasteiger partial charge in [0.05, 0.1) is 24.5 Å². The Balaban J connectivity index is 1.61. The van der Waals surface area contributed by atoms with Crippen molar-refractivity contribution in [2.75, 3.05) is 33.9 Å². The molecule has 29 heavy (non-hydrogen) atoms. The smallest absolute Gasteiger partial charge is 0.309 e. The summed E-state index contributed by atoms with van der Waals surface area (Å²) in [5, 5.41) is 7.38. The summed E-state index contributed by atoms with van der Waals surface area (Å²) in [5.41, 5.74) is 2.75. The van der Waals surface area contributed by atoms with Crippen LogP contribution in [0.2, 0.25) is 0 Å². The number of methoxy groups -OCH3 is 2. The SMILES string of the molecule is COC(CNC(=O)C(=O)NC[C@H](c1cccs1)[NH+]1CCc2ccccc2C1)OC. The van der Waals surface area contributed by atoms with E-state index in [1.807, 2.05) is 11.4 Å². The molecular weight excluding hydrogens is 390 g/mol. The number of amides is 2. The topological polar surface area (TPSA) is 81.1 Å². The molecule has 0 aliphatic carbocycles. The molecule has 2 atom stereocenters. The fourth-order valence-corrected chi connectivity index (χ4v) is 4.52. The monoisotopic (exact) mass is 418 g/mol. The molecule has 8 heteroatoms. The fourth-order valence-electron chi connectivity index (χ4n) is 3.63. The Morgan fingerprint density at radius 3 is 2.38 bits per heavy atom. The van der Waals surface area contributed by atoms with Crippen LogP contribution in [-0.4, -0.2) is 52.0 Å². The number of carbonyl (C=O) groups is 2. The molecule has 3 rings (SSSR count). The van der Waals surface area contributed by atoms with E-state index < -0.39 is 18.1 Å². The molecule has 2 amide bonds. The first-order chi connectivity index (χ1) is 14.1. The van der Waals surface area contributed by atoms with Crippen LogP contribution >= 0.6 is 11.3 Å². The van der Waals surface area contributed by atoms with Gasteiger partial charge in [-0.05, 0) is 17.0 Å². The highest BCUT2D eigenvalue weighted by Crippen LogP contribution is 2.19. The highest BCUT2D eigenvalue weighted by molar-refractivity contribution is 7.10. The van der Waals surface area contributed by atoms with Crippen molar-refractivity contribution < 1.29 is 24.0 Å². The minimum absolute atomic E-state index is 0.103. The standard InChI is InChI=1S/C21H27N3O4S/c1-27-19(28-2)13-23-21(26)20(25)22-12-17(18-8-5-11-29-18)24-10-9-15-6-3-4-7-16(15)14-24/h3-8,11,17,19H,9-10,12-14H2,1-2H3,(H,22,25)(H,23,26)/p+1/t17-/m1/s1. The minimum atomic E-state index is -0.687. The maximum absolute atomic E-state index is 12.3.